The van der Waals surface area contributed by atoms with Gasteiger partial charge in [-0.3, -0.25) is 0 Å². The fourth-order valence-corrected chi connectivity index (χ4v) is 2.13. The predicted molar refractivity (Wildman–Crippen MR) is 76.3 cm³/mol. The summed E-state index contributed by atoms with van der Waals surface area (Å²) in [6, 6.07) is 19.4. The van der Waals surface area contributed by atoms with Crippen molar-refractivity contribution in [3.05, 3.63) is 60.3 Å². The van der Waals surface area contributed by atoms with Crippen LogP contribution < -0.4 is 5.73 Å². The summed E-state index contributed by atoms with van der Waals surface area (Å²) in [7, 11) is 0. The minimum atomic E-state index is 0.421. The first-order valence-corrected chi connectivity index (χ1v) is 5.94. The van der Waals surface area contributed by atoms with Crippen molar-refractivity contribution in [3.63, 3.8) is 0 Å². The third-order valence-corrected chi connectivity index (χ3v) is 3.03. The monoisotopic (exact) mass is 245 g/mol. The highest BCUT2D eigenvalue weighted by Crippen LogP contribution is 2.27. The number of pyridine rings is 1. The molecule has 2 aromatic carbocycles. The molecular formula is C16H11N3. The molecule has 0 unspecified atom stereocenters. The smallest absolute Gasteiger partial charge is 0.149 e. The van der Waals surface area contributed by atoms with Crippen LogP contribution in [0.1, 0.15) is 5.69 Å². The molecule has 0 fully saturated rings. The first-order valence-electron chi connectivity index (χ1n) is 5.94. The molecule has 0 bridgehead atoms. The molecule has 0 amide bonds. The molecule has 0 aliphatic rings. The number of benzene rings is 2. The van der Waals surface area contributed by atoms with Gasteiger partial charge in [-0.05, 0) is 29.8 Å². The molecule has 3 rings (SSSR count). The van der Waals surface area contributed by atoms with E-state index >= 15 is 0 Å². The molecule has 1 aromatic heterocycles. The minimum absolute atomic E-state index is 0.421. The maximum absolute atomic E-state index is 9.26. The second-order valence-corrected chi connectivity index (χ2v) is 4.31. The number of rotatable bonds is 1. The zero-order valence-electron chi connectivity index (χ0n) is 10.2. The number of anilines is 1. The lowest BCUT2D eigenvalue weighted by Gasteiger charge is -2.06. The molecule has 0 aliphatic carbocycles. The summed E-state index contributed by atoms with van der Waals surface area (Å²) < 4.78 is 0. The molecule has 0 radical (unpaired) electrons. The highest BCUT2D eigenvalue weighted by molar-refractivity contribution is 5.86. The van der Waals surface area contributed by atoms with Gasteiger partial charge in [0.05, 0.1) is 5.52 Å². The molecule has 0 atom stereocenters. The largest absolute Gasteiger partial charge is 0.399 e. The van der Waals surface area contributed by atoms with E-state index in [1.807, 2.05) is 54.6 Å². The number of nitrogen functional groups attached to an aromatic ring is 1. The number of para-hydroxylation sites is 1. The summed E-state index contributed by atoms with van der Waals surface area (Å²) in [5, 5.41) is 10.3. The second kappa shape index (κ2) is 4.43. The van der Waals surface area contributed by atoms with Crippen molar-refractivity contribution >= 4 is 16.6 Å². The van der Waals surface area contributed by atoms with Crippen LogP contribution >= 0.6 is 0 Å². The highest BCUT2D eigenvalue weighted by Gasteiger charge is 2.08. The normalized spacial score (nSPS) is 10.3. The van der Waals surface area contributed by atoms with E-state index in [0.717, 1.165) is 22.0 Å². The average molecular weight is 245 g/mol. The van der Waals surface area contributed by atoms with Crippen molar-refractivity contribution in [3.8, 4) is 17.2 Å². The van der Waals surface area contributed by atoms with Gasteiger partial charge >= 0.3 is 0 Å². The Labute approximate surface area is 110 Å². The molecule has 0 saturated heterocycles. The van der Waals surface area contributed by atoms with Crippen molar-refractivity contribution in [1.29, 1.82) is 5.26 Å². The minimum Gasteiger partial charge on any atom is -0.399 e. The Kier molecular flexibility index (Phi) is 2.62. The zero-order chi connectivity index (χ0) is 13.2. The lowest BCUT2D eigenvalue weighted by Crippen LogP contribution is -1.92. The van der Waals surface area contributed by atoms with Gasteiger partial charge in [0, 0.05) is 16.6 Å². The van der Waals surface area contributed by atoms with Crippen LogP contribution in [0.4, 0.5) is 5.69 Å². The third kappa shape index (κ3) is 2.00. The van der Waals surface area contributed by atoms with Gasteiger partial charge in [0.2, 0.25) is 0 Å². The molecule has 2 N–H and O–H groups in total. The Bertz CT molecular complexity index is 800. The van der Waals surface area contributed by atoms with Crippen LogP contribution in [0.25, 0.3) is 22.0 Å². The van der Waals surface area contributed by atoms with E-state index in [9.17, 15) is 5.26 Å². The molecule has 0 spiro atoms. The second-order valence-electron chi connectivity index (χ2n) is 4.31. The van der Waals surface area contributed by atoms with Crippen LogP contribution in [0, 0.1) is 11.3 Å². The van der Waals surface area contributed by atoms with Crippen molar-refractivity contribution in [1.82, 2.24) is 4.98 Å². The van der Waals surface area contributed by atoms with Gasteiger partial charge in [0.1, 0.15) is 11.8 Å². The first-order chi connectivity index (χ1) is 9.28. The molecule has 3 heteroatoms. The molecular weight excluding hydrogens is 234 g/mol. The number of nitrogens with two attached hydrogens (primary N) is 1. The topological polar surface area (TPSA) is 62.7 Å². The Morgan fingerprint density at radius 2 is 1.84 bits per heavy atom. The number of aromatic nitrogens is 1. The number of hydrogen-bond acceptors (Lipinski definition) is 3. The van der Waals surface area contributed by atoms with Crippen LogP contribution in [0.5, 0.6) is 0 Å². The van der Waals surface area contributed by atoms with Gasteiger partial charge in [0.25, 0.3) is 0 Å². The summed E-state index contributed by atoms with van der Waals surface area (Å²) in [5.74, 6) is 0. The van der Waals surface area contributed by atoms with Crippen molar-refractivity contribution in [2.75, 3.05) is 5.73 Å². The Morgan fingerprint density at radius 1 is 1.00 bits per heavy atom. The quantitative estimate of drug-likeness (QED) is 0.669. The van der Waals surface area contributed by atoms with Gasteiger partial charge in [-0.15, -0.1) is 0 Å². The Balaban J connectivity index is 2.31. The Hall–Kier alpha value is -2.86. The SMILES string of the molecule is N#Cc1nc2ccccc2cc1-c1cccc(N)c1. The van der Waals surface area contributed by atoms with Crippen LogP contribution in [0.2, 0.25) is 0 Å². The lowest BCUT2D eigenvalue weighted by molar-refractivity contribution is 1.32. The van der Waals surface area contributed by atoms with E-state index in [2.05, 4.69) is 11.1 Å². The van der Waals surface area contributed by atoms with Gasteiger partial charge in [-0.1, -0.05) is 30.3 Å². The maximum atomic E-state index is 9.26. The molecule has 19 heavy (non-hydrogen) atoms. The summed E-state index contributed by atoms with van der Waals surface area (Å²) in [6.45, 7) is 0. The number of hydrogen-bond donors (Lipinski definition) is 1. The molecule has 3 nitrogen and oxygen atoms in total. The molecule has 90 valence electrons. The fourth-order valence-electron chi connectivity index (χ4n) is 2.13. The average Bonchev–Trinajstić information content (AvgIpc) is 2.46. The number of nitrogens with zero attached hydrogens (tertiary/aromatic N) is 2. The zero-order valence-corrected chi connectivity index (χ0v) is 10.2. The van der Waals surface area contributed by atoms with E-state index in [0.29, 0.717) is 11.4 Å². The van der Waals surface area contributed by atoms with Crippen molar-refractivity contribution < 1.29 is 0 Å². The van der Waals surface area contributed by atoms with E-state index in [1.54, 1.807) is 0 Å². The summed E-state index contributed by atoms with van der Waals surface area (Å²) in [5.41, 5.74) is 9.44. The standard InChI is InChI=1S/C16H11N3/c17-10-16-14(11-5-3-6-13(18)8-11)9-12-4-1-2-7-15(12)19-16/h1-9H,18H2. The van der Waals surface area contributed by atoms with E-state index in [-0.39, 0.29) is 0 Å². The van der Waals surface area contributed by atoms with Gasteiger partial charge in [0.15, 0.2) is 0 Å². The van der Waals surface area contributed by atoms with Gasteiger partial charge < -0.3 is 5.73 Å². The van der Waals surface area contributed by atoms with E-state index in [1.165, 1.54) is 0 Å². The van der Waals surface area contributed by atoms with Crippen LogP contribution in [0.3, 0.4) is 0 Å². The van der Waals surface area contributed by atoms with Gasteiger partial charge in [-0.25, -0.2) is 4.98 Å². The molecule has 1 heterocycles. The predicted octanol–water partition coefficient (Wildman–Crippen LogP) is 3.36. The fraction of sp³-hybridized carbons (Fsp3) is 0. The van der Waals surface area contributed by atoms with Crippen LogP contribution in [-0.2, 0) is 0 Å². The van der Waals surface area contributed by atoms with Gasteiger partial charge in [-0.2, -0.15) is 5.26 Å². The molecule has 0 aliphatic heterocycles. The van der Waals surface area contributed by atoms with E-state index < -0.39 is 0 Å². The maximum Gasteiger partial charge on any atom is 0.149 e. The lowest BCUT2D eigenvalue weighted by atomic mass is 10.0. The molecule has 0 saturated carbocycles. The summed E-state index contributed by atoms with van der Waals surface area (Å²) in [6.07, 6.45) is 0. The van der Waals surface area contributed by atoms with Crippen LogP contribution in [-0.4, -0.2) is 4.98 Å². The summed E-state index contributed by atoms with van der Waals surface area (Å²) >= 11 is 0. The van der Waals surface area contributed by atoms with Crippen molar-refractivity contribution in [2.45, 2.75) is 0 Å². The Morgan fingerprint density at radius 3 is 2.63 bits per heavy atom. The number of fused-ring (bicyclic) bond motifs is 1. The molecule has 3 aromatic rings. The number of nitriles is 1. The summed E-state index contributed by atoms with van der Waals surface area (Å²) in [4.78, 5) is 4.40. The first kappa shape index (κ1) is 11.2. The van der Waals surface area contributed by atoms with Crippen LogP contribution in [0.15, 0.2) is 54.6 Å². The van der Waals surface area contributed by atoms with Crippen molar-refractivity contribution in [2.24, 2.45) is 0 Å². The highest BCUT2D eigenvalue weighted by atomic mass is 14.7. The third-order valence-electron chi connectivity index (χ3n) is 3.03. The van der Waals surface area contributed by atoms with E-state index in [4.69, 9.17) is 5.73 Å².